The average Bonchev–Trinajstić information content (AvgIpc) is 3.20. The summed E-state index contributed by atoms with van der Waals surface area (Å²) in [4.78, 5) is 26.1. The van der Waals surface area contributed by atoms with Gasteiger partial charge in [0.15, 0.2) is 0 Å². The first kappa shape index (κ1) is 26.5. The first-order valence-electron chi connectivity index (χ1n) is 14.9. The van der Waals surface area contributed by atoms with Crippen LogP contribution >= 0.6 is 0 Å². The summed E-state index contributed by atoms with van der Waals surface area (Å²) >= 11 is 0. The standard InChI is InChI=1S/C30H49NO5/c1-18(6-9-26(34)31-14-4-5-19(17-31)28(35)36)22-7-8-23-27-24(11-13-30(22,23)3)29(2)12-10-21(32)15-20(29)16-25(27)33/h18-25,27,32-33H,4-17H2,1-3H3,(H,35,36)/t18?,19?,20-,21+,22?,23?,24?,25-,27?,29-,30+/m0/s1. The Labute approximate surface area is 217 Å². The zero-order chi connectivity index (χ0) is 25.8. The zero-order valence-electron chi connectivity index (χ0n) is 22.7. The lowest BCUT2D eigenvalue weighted by Gasteiger charge is -2.62. The van der Waals surface area contributed by atoms with Gasteiger partial charge in [-0.3, -0.25) is 9.59 Å². The summed E-state index contributed by atoms with van der Waals surface area (Å²) < 4.78 is 0. The van der Waals surface area contributed by atoms with Crippen molar-refractivity contribution in [2.45, 2.75) is 110 Å². The Kier molecular flexibility index (Phi) is 7.26. The zero-order valence-corrected chi connectivity index (χ0v) is 22.7. The van der Waals surface area contributed by atoms with Gasteiger partial charge in [0.05, 0.1) is 18.1 Å². The lowest BCUT2D eigenvalue weighted by atomic mass is 9.43. The van der Waals surface area contributed by atoms with Gasteiger partial charge in [0, 0.05) is 19.5 Å². The van der Waals surface area contributed by atoms with E-state index in [1.54, 1.807) is 4.90 Å². The van der Waals surface area contributed by atoms with Gasteiger partial charge in [0.1, 0.15) is 0 Å². The van der Waals surface area contributed by atoms with E-state index in [1.807, 2.05) is 0 Å². The first-order valence-corrected chi connectivity index (χ1v) is 14.9. The van der Waals surface area contributed by atoms with E-state index in [0.29, 0.717) is 61.4 Å². The Morgan fingerprint density at radius 3 is 2.44 bits per heavy atom. The van der Waals surface area contributed by atoms with E-state index in [4.69, 9.17) is 0 Å². The molecule has 3 N–H and O–H groups in total. The Balaban J connectivity index is 1.23. The van der Waals surface area contributed by atoms with Crippen LogP contribution in [0.1, 0.15) is 97.8 Å². The van der Waals surface area contributed by atoms with Gasteiger partial charge in [-0.15, -0.1) is 0 Å². The number of fused-ring (bicyclic) bond motifs is 5. The second-order valence-corrected chi connectivity index (χ2v) is 14.0. The number of carboxylic acid groups (broad SMARTS) is 1. The molecule has 36 heavy (non-hydrogen) atoms. The maximum Gasteiger partial charge on any atom is 0.308 e. The van der Waals surface area contributed by atoms with Crippen molar-refractivity contribution in [1.29, 1.82) is 0 Å². The van der Waals surface area contributed by atoms with Crippen LogP contribution in [0.15, 0.2) is 0 Å². The molecule has 0 aromatic rings. The van der Waals surface area contributed by atoms with E-state index in [1.165, 1.54) is 25.7 Å². The van der Waals surface area contributed by atoms with Gasteiger partial charge in [-0.25, -0.2) is 0 Å². The molecule has 0 aromatic heterocycles. The topological polar surface area (TPSA) is 98.1 Å². The summed E-state index contributed by atoms with van der Waals surface area (Å²) in [6.07, 6.45) is 10.9. The summed E-state index contributed by atoms with van der Waals surface area (Å²) in [5.41, 5.74) is 0.477. The van der Waals surface area contributed by atoms with Crippen molar-refractivity contribution in [2.75, 3.05) is 13.1 Å². The minimum atomic E-state index is -0.782. The van der Waals surface area contributed by atoms with Gasteiger partial charge >= 0.3 is 5.97 Å². The number of nitrogens with zero attached hydrogens (tertiary/aromatic N) is 1. The molecule has 5 aliphatic rings. The van der Waals surface area contributed by atoms with Crippen LogP contribution in [0.4, 0.5) is 0 Å². The number of rotatable bonds is 5. The number of carboxylic acids is 1. The molecule has 204 valence electrons. The van der Waals surface area contributed by atoms with E-state index in [-0.39, 0.29) is 28.9 Å². The predicted molar refractivity (Wildman–Crippen MR) is 138 cm³/mol. The third-order valence-electron chi connectivity index (χ3n) is 12.4. The number of carbonyl (C=O) groups excluding carboxylic acids is 1. The number of piperidine rings is 1. The Morgan fingerprint density at radius 2 is 1.69 bits per heavy atom. The average molecular weight is 504 g/mol. The second-order valence-electron chi connectivity index (χ2n) is 14.0. The van der Waals surface area contributed by atoms with E-state index in [0.717, 1.165) is 38.5 Å². The predicted octanol–water partition coefficient (Wildman–Crippen LogP) is 4.72. The van der Waals surface area contributed by atoms with E-state index < -0.39 is 11.9 Å². The number of carbonyl (C=O) groups is 2. The molecule has 1 saturated heterocycles. The highest BCUT2D eigenvalue weighted by Gasteiger charge is 2.62. The molecule has 6 unspecified atom stereocenters. The number of amides is 1. The number of aliphatic carboxylic acids is 1. The van der Waals surface area contributed by atoms with E-state index >= 15 is 0 Å². The van der Waals surface area contributed by atoms with Crippen LogP contribution in [0.25, 0.3) is 0 Å². The summed E-state index contributed by atoms with van der Waals surface area (Å²) in [6.45, 7) is 8.33. The number of hydrogen-bond donors (Lipinski definition) is 3. The minimum Gasteiger partial charge on any atom is -0.481 e. The van der Waals surface area contributed by atoms with Crippen LogP contribution in [-0.2, 0) is 9.59 Å². The molecule has 0 bridgehead atoms. The third-order valence-corrected chi connectivity index (χ3v) is 12.4. The maximum atomic E-state index is 13.0. The fourth-order valence-corrected chi connectivity index (χ4v) is 10.3. The monoisotopic (exact) mass is 503 g/mol. The van der Waals surface area contributed by atoms with Gasteiger partial charge in [-0.05, 0) is 117 Å². The Morgan fingerprint density at radius 1 is 0.972 bits per heavy atom. The number of aliphatic hydroxyl groups excluding tert-OH is 2. The first-order chi connectivity index (χ1) is 17.0. The maximum absolute atomic E-state index is 13.0. The van der Waals surface area contributed by atoms with Crippen LogP contribution in [0.5, 0.6) is 0 Å². The molecule has 0 aromatic carbocycles. The van der Waals surface area contributed by atoms with Crippen molar-refractivity contribution in [1.82, 2.24) is 4.90 Å². The van der Waals surface area contributed by atoms with Gasteiger partial charge in [-0.2, -0.15) is 0 Å². The fraction of sp³-hybridized carbons (Fsp3) is 0.933. The SMILES string of the molecule is CC(CCC(=O)N1CCCC(C(=O)O)C1)C1CCC2C3C(CC[C@]12C)[C@@]1(C)CC[C@@H](O)C[C@H]1C[C@@H]3O. The van der Waals surface area contributed by atoms with Gasteiger partial charge in [-0.1, -0.05) is 20.8 Å². The summed E-state index contributed by atoms with van der Waals surface area (Å²) in [6, 6.07) is 0. The molecule has 4 saturated carbocycles. The second kappa shape index (κ2) is 9.87. The smallest absolute Gasteiger partial charge is 0.308 e. The van der Waals surface area contributed by atoms with Crippen LogP contribution in [0.2, 0.25) is 0 Å². The summed E-state index contributed by atoms with van der Waals surface area (Å²) in [5, 5.41) is 31.1. The van der Waals surface area contributed by atoms with E-state index in [9.17, 15) is 24.9 Å². The van der Waals surface area contributed by atoms with Crippen molar-refractivity contribution >= 4 is 11.9 Å². The van der Waals surface area contributed by atoms with Crippen LogP contribution < -0.4 is 0 Å². The van der Waals surface area contributed by atoms with Crippen LogP contribution in [-0.4, -0.2) is 57.4 Å². The molecule has 5 fully saturated rings. The molecule has 0 spiro atoms. The van der Waals surface area contributed by atoms with Gasteiger partial charge in [0.25, 0.3) is 0 Å². The Hall–Kier alpha value is -1.14. The Bertz CT molecular complexity index is 847. The van der Waals surface area contributed by atoms with Crippen LogP contribution in [0, 0.1) is 52.3 Å². The number of aliphatic hydroxyl groups is 2. The third kappa shape index (κ3) is 4.42. The van der Waals surface area contributed by atoms with Crippen molar-refractivity contribution in [3.8, 4) is 0 Å². The normalized spacial score (nSPS) is 47.4. The molecule has 6 nitrogen and oxygen atoms in total. The van der Waals surface area contributed by atoms with Crippen molar-refractivity contribution in [3.05, 3.63) is 0 Å². The van der Waals surface area contributed by atoms with Crippen molar-refractivity contribution in [2.24, 2.45) is 52.3 Å². The highest BCUT2D eigenvalue weighted by atomic mass is 16.4. The molecule has 6 heteroatoms. The van der Waals surface area contributed by atoms with Crippen LogP contribution in [0.3, 0.4) is 0 Å². The largest absolute Gasteiger partial charge is 0.481 e. The van der Waals surface area contributed by atoms with Gasteiger partial charge < -0.3 is 20.2 Å². The molecule has 5 rings (SSSR count). The molecule has 1 heterocycles. The fourth-order valence-electron chi connectivity index (χ4n) is 10.3. The summed E-state index contributed by atoms with van der Waals surface area (Å²) in [5.74, 6) is 1.89. The lowest BCUT2D eigenvalue weighted by molar-refractivity contribution is -0.174. The highest BCUT2D eigenvalue weighted by molar-refractivity contribution is 5.78. The minimum absolute atomic E-state index is 0.123. The highest BCUT2D eigenvalue weighted by Crippen LogP contribution is 2.68. The lowest BCUT2D eigenvalue weighted by Crippen LogP contribution is -2.58. The van der Waals surface area contributed by atoms with Crippen molar-refractivity contribution in [3.63, 3.8) is 0 Å². The summed E-state index contributed by atoms with van der Waals surface area (Å²) in [7, 11) is 0. The van der Waals surface area contributed by atoms with Crippen molar-refractivity contribution < 1.29 is 24.9 Å². The molecular weight excluding hydrogens is 454 g/mol. The molecule has 11 atom stereocenters. The molecule has 1 aliphatic heterocycles. The quantitative estimate of drug-likeness (QED) is 0.504. The van der Waals surface area contributed by atoms with E-state index in [2.05, 4.69) is 20.8 Å². The number of hydrogen-bond acceptors (Lipinski definition) is 4. The molecule has 1 amide bonds. The van der Waals surface area contributed by atoms with Gasteiger partial charge in [0.2, 0.25) is 5.91 Å². The molecule has 4 aliphatic carbocycles. The molecule has 0 radical (unpaired) electrons. The molecular formula is C30H49NO5. The number of likely N-dealkylation sites (tertiary alicyclic amines) is 1.